The van der Waals surface area contributed by atoms with E-state index in [0.29, 0.717) is 19.4 Å². The summed E-state index contributed by atoms with van der Waals surface area (Å²) in [6, 6.07) is -0.790. The molecule has 0 heterocycles. The third-order valence-corrected chi connectivity index (χ3v) is 5.25. The Balaban J connectivity index is 3.28. The van der Waals surface area contributed by atoms with Crippen molar-refractivity contribution in [3.05, 3.63) is 12.2 Å². The Bertz CT molecular complexity index is 424. The van der Waals surface area contributed by atoms with E-state index in [4.69, 9.17) is 10.8 Å². The molecule has 1 amide bonds. The average molecular weight is 411 g/mol. The second kappa shape index (κ2) is 21.4. The highest BCUT2D eigenvalue weighted by molar-refractivity contribution is 5.75. The van der Waals surface area contributed by atoms with E-state index in [0.717, 1.165) is 25.7 Å². The first-order chi connectivity index (χ1) is 14.1. The first-order valence-electron chi connectivity index (χ1n) is 12.0. The maximum atomic E-state index is 11.7. The summed E-state index contributed by atoms with van der Waals surface area (Å²) in [4.78, 5) is 22.3. The van der Waals surface area contributed by atoms with E-state index in [9.17, 15) is 9.59 Å². The van der Waals surface area contributed by atoms with E-state index >= 15 is 0 Å². The van der Waals surface area contributed by atoms with Gasteiger partial charge in [-0.3, -0.25) is 9.59 Å². The number of nitrogens with one attached hydrogen (secondary N) is 1. The highest BCUT2D eigenvalue weighted by atomic mass is 16.4. The van der Waals surface area contributed by atoms with Crippen LogP contribution in [0.2, 0.25) is 0 Å². The number of amides is 1. The van der Waals surface area contributed by atoms with Crippen LogP contribution in [0.1, 0.15) is 116 Å². The van der Waals surface area contributed by atoms with Gasteiger partial charge in [-0.25, -0.2) is 0 Å². The van der Waals surface area contributed by atoms with E-state index in [1.165, 1.54) is 70.6 Å². The van der Waals surface area contributed by atoms with Crippen molar-refractivity contribution in [2.75, 3.05) is 6.54 Å². The minimum atomic E-state index is -0.960. The molecule has 0 aliphatic carbocycles. The number of hydrogen-bond donors (Lipinski definition) is 3. The minimum Gasteiger partial charge on any atom is -0.480 e. The normalized spacial score (nSPS) is 12.3. The van der Waals surface area contributed by atoms with Crippen molar-refractivity contribution in [2.24, 2.45) is 5.73 Å². The fourth-order valence-electron chi connectivity index (χ4n) is 3.29. The van der Waals surface area contributed by atoms with Gasteiger partial charge in [-0.2, -0.15) is 0 Å². The lowest BCUT2D eigenvalue weighted by molar-refractivity contribution is -0.138. The van der Waals surface area contributed by atoms with Crippen molar-refractivity contribution in [3.63, 3.8) is 0 Å². The van der Waals surface area contributed by atoms with E-state index in [1.54, 1.807) is 0 Å². The summed E-state index contributed by atoms with van der Waals surface area (Å²) in [5.41, 5.74) is 5.44. The summed E-state index contributed by atoms with van der Waals surface area (Å²) >= 11 is 0. The number of carboxylic acid groups (broad SMARTS) is 1. The maximum absolute atomic E-state index is 11.7. The molecular formula is C24H46N2O3. The Morgan fingerprint density at radius 1 is 0.828 bits per heavy atom. The molecule has 0 saturated carbocycles. The summed E-state index contributed by atoms with van der Waals surface area (Å²) < 4.78 is 0. The smallest absolute Gasteiger partial charge is 0.320 e. The molecule has 0 aromatic carbocycles. The molecule has 4 N–H and O–H groups in total. The second-order valence-corrected chi connectivity index (χ2v) is 8.12. The van der Waals surface area contributed by atoms with Gasteiger partial charge in [-0.1, -0.05) is 70.4 Å². The van der Waals surface area contributed by atoms with Gasteiger partial charge in [-0.05, 0) is 51.4 Å². The number of allylic oxidation sites excluding steroid dienone is 2. The van der Waals surface area contributed by atoms with Crippen LogP contribution in [0, 0.1) is 0 Å². The van der Waals surface area contributed by atoms with Gasteiger partial charge in [0, 0.05) is 13.0 Å². The fraction of sp³-hybridized carbons (Fsp3) is 0.833. The molecule has 5 nitrogen and oxygen atoms in total. The summed E-state index contributed by atoms with van der Waals surface area (Å²) in [6.07, 6.45) is 23.6. The number of nitrogens with two attached hydrogens (primary N) is 1. The molecule has 0 spiro atoms. The van der Waals surface area contributed by atoms with Crippen LogP contribution in [0.3, 0.4) is 0 Å². The first kappa shape index (κ1) is 27.6. The van der Waals surface area contributed by atoms with Crippen molar-refractivity contribution in [3.8, 4) is 0 Å². The standard InChI is InChI=1S/C24H46N2O3/c1-2-3-4-5-6-7-8-9-10-11-12-13-14-15-16-20-23(27)26-21-18-17-19-22(25)24(28)29/h9-10,22H,2-8,11-21,25H2,1H3,(H,26,27)(H,28,29). The van der Waals surface area contributed by atoms with Gasteiger partial charge in [0.05, 0.1) is 0 Å². The zero-order chi connectivity index (χ0) is 21.6. The summed E-state index contributed by atoms with van der Waals surface area (Å²) in [5, 5.41) is 11.6. The monoisotopic (exact) mass is 410 g/mol. The molecule has 0 aliphatic rings. The zero-order valence-corrected chi connectivity index (χ0v) is 18.8. The molecule has 0 bridgehead atoms. The van der Waals surface area contributed by atoms with Crippen LogP contribution in [0.15, 0.2) is 12.2 Å². The van der Waals surface area contributed by atoms with E-state index in [-0.39, 0.29) is 5.91 Å². The lowest BCUT2D eigenvalue weighted by Crippen LogP contribution is -2.30. The summed E-state index contributed by atoms with van der Waals surface area (Å²) in [7, 11) is 0. The molecule has 0 aromatic heterocycles. The molecule has 5 heteroatoms. The Hall–Kier alpha value is -1.36. The molecule has 0 rings (SSSR count). The molecule has 1 atom stereocenters. The minimum absolute atomic E-state index is 0.102. The van der Waals surface area contributed by atoms with E-state index in [1.807, 2.05) is 0 Å². The predicted octanol–water partition coefficient (Wildman–Crippen LogP) is 5.72. The van der Waals surface area contributed by atoms with Crippen molar-refractivity contribution >= 4 is 11.9 Å². The highest BCUT2D eigenvalue weighted by Gasteiger charge is 2.10. The molecule has 0 aliphatic heterocycles. The quantitative estimate of drug-likeness (QED) is 0.167. The number of carbonyl (C=O) groups excluding carboxylic acids is 1. The highest BCUT2D eigenvalue weighted by Crippen LogP contribution is 2.10. The largest absolute Gasteiger partial charge is 0.480 e. The second-order valence-electron chi connectivity index (χ2n) is 8.12. The van der Waals surface area contributed by atoms with Gasteiger partial charge in [-0.15, -0.1) is 0 Å². The third kappa shape index (κ3) is 21.2. The number of carbonyl (C=O) groups is 2. The van der Waals surface area contributed by atoms with Crippen molar-refractivity contribution in [2.45, 2.75) is 122 Å². The lowest BCUT2D eigenvalue weighted by Gasteiger charge is -2.07. The predicted molar refractivity (Wildman–Crippen MR) is 122 cm³/mol. The van der Waals surface area contributed by atoms with Crippen LogP contribution in [-0.2, 0) is 9.59 Å². The topological polar surface area (TPSA) is 92.4 Å². The van der Waals surface area contributed by atoms with Crippen LogP contribution in [-0.4, -0.2) is 29.6 Å². The van der Waals surface area contributed by atoms with Crippen LogP contribution in [0.25, 0.3) is 0 Å². The molecule has 29 heavy (non-hydrogen) atoms. The Morgan fingerprint density at radius 3 is 1.97 bits per heavy atom. The molecule has 0 fully saturated rings. The van der Waals surface area contributed by atoms with E-state index in [2.05, 4.69) is 24.4 Å². The van der Waals surface area contributed by atoms with Gasteiger partial charge >= 0.3 is 5.97 Å². The van der Waals surface area contributed by atoms with Crippen molar-refractivity contribution in [1.82, 2.24) is 5.32 Å². The van der Waals surface area contributed by atoms with Gasteiger partial charge in [0.15, 0.2) is 0 Å². The molecule has 1 unspecified atom stereocenters. The molecule has 0 saturated heterocycles. The van der Waals surface area contributed by atoms with Crippen molar-refractivity contribution < 1.29 is 14.7 Å². The van der Waals surface area contributed by atoms with Gasteiger partial charge in [0.1, 0.15) is 6.04 Å². The van der Waals surface area contributed by atoms with Gasteiger partial charge < -0.3 is 16.2 Å². The summed E-state index contributed by atoms with van der Waals surface area (Å²) in [5.74, 6) is -0.858. The first-order valence-corrected chi connectivity index (χ1v) is 12.0. The third-order valence-electron chi connectivity index (χ3n) is 5.25. The SMILES string of the molecule is CCCCCCCCC=CCCCCCCCC(=O)NCCCCC(N)C(=O)O. The van der Waals surface area contributed by atoms with Crippen molar-refractivity contribution in [1.29, 1.82) is 0 Å². The number of rotatable bonds is 21. The van der Waals surface area contributed by atoms with Crippen LogP contribution in [0.5, 0.6) is 0 Å². The van der Waals surface area contributed by atoms with Crippen LogP contribution >= 0.6 is 0 Å². The lowest BCUT2D eigenvalue weighted by atomic mass is 10.1. The average Bonchev–Trinajstić information content (AvgIpc) is 2.70. The maximum Gasteiger partial charge on any atom is 0.320 e. The fourth-order valence-corrected chi connectivity index (χ4v) is 3.29. The summed E-state index contributed by atoms with van der Waals surface area (Å²) in [6.45, 7) is 2.87. The molecular weight excluding hydrogens is 364 g/mol. The number of carboxylic acids is 1. The Kier molecular flexibility index (Phi) is 20.3. The van der Waals surface area contributed by atoms with Gasteiger partial charge in [0.25, 0.3) is 0 Å². The zero-order valence-electron chi connectivity index (χ0n) is 18.8. The molecule has 0 radical (unpaired) electrons. The number of unbranched alkanes of at least 4 members (excludes halogenated alkanes) is 12. The Labute approximate surface area is 178 Å². The van der Waals surface area contributed by atoms with Gasteiger partial charge in [0.2, 0.25) is 5.91 Å². The number of aliphatic carboxylic acids is 1. The van der Waals surface area contributed by atoms with Crippen LogP contribution in [0.4, 0.5) is 0 Å². The van der Waals surface area contributed by atoms with E-state index < -0.39 is 12.0 Å². The van der Waals surface area contributed by atoms with Crippen LogP contribution < -0.4 is 11.1 Å². The molecule has 170 valence electrons. The number of hydrogen-bond acceptors (Lipinski definition) is 3. The Morgan fingerprint density at radius 2 is 1.38 bits per heavy atom. The molecule has 0 aromatic rings.